The average molecular weight is 603 g/mol. The van der Waals surface area contributed by atoms with Gasteiger partial charge < -0.3 is 19.0 Å². The fourth-order valence-corrected chi connectivity index (χ4v) is 4.83. The number of rotatable bonds is 9. The zero-order valence-corrected chi connectivity index (χ0v) is 21.2. The van der Waals surface area contributed by atoms with Gasteiger partial charge in [-0.2, -0.15) is 0 Å². The van der Waals surface area contributed by atoms with Crippen molar-refractivity contribution in [2.75, 3.05) is 13.7 Å². The van der Waals surface area contributed by atoms with Crippen LogP contribution in [0.4, 0.5) is 0 Å². The molecule has 0 unspecified atom stereocenters. The Kier molecular flexibility index (Phi) is 8.41. The second-order valence-electron chi connectivity index (χ2n) is 6.05. The van der Waals surface area contributed by atoms with Gasteiger partial charge in [-0.3, -0.25) is 0 Å². The average Bonchev–Trinajstić information content (AvgIpc) is 3.21. The fourth-order valence-electron chi connectivity index (χ4n) is 2.53. The van der Waals surface area contributed by atoms with Crippen molar-refractivity contribution in [2.45, 2.75) is 5.22 Å². The molecular formula is C21H15Br2ClN2O5S. The van der Waals surface area contributed by atoms with E-state index in [1.165, 1.54) is 13.2 Å². The third kappa shape index (κ3) is 5.94. The molecule has 3 rings (SSSR count). The van der Waals surface area contributed by atoms with E-state index in [2.05, 4.69) is 48.6 Å². The van der Waals surface area contributed by atoms with Gasteiger partial charge in [-0.1, -0.05) is 24.3 Å². The van der Waals surface area contributed by atoms with Crippen molar-refractivity contribution in [3.63, 3.8) is 0 Å². The number of benzene rings is 2. The molecule has 0 atom stereocenters. The summed E-state index contributed by atoms with van der Waals surface area (Å²) < 4.78 is 17.8. The molecule has 11 heteroatoms. The third-order valence-corrected chi connectivity index (χ3v) is 6.14. The van der Waals surface area contributed by atoms with Gasteiger partial charge >= 0.3 is 5.97 Å². The zero-order chi connectivity index (χ0) is 23.3. The number of halogens is 3. The van der Waals surface area contributed by atoms with Crippen molar-refractivity contribution in [1.82, 2.24) is 10.2 Å². The van der Waals surface area contributed by atoms with Crippen LogP contribution in [0.1, 0.15) is 5.56 Å². The standard InChI is InChI=1S/C21H15Br2ClN2O5S/c1-3-6-30-18-14(22)7-11(8-15(18)23)9-17(20(27)28)32-21-26-25-19(31-21)13-10-12(24)4-5-16(13)29-2/h3-5,7-10H,1,6H2,2H3,(H,27,28)/b17-9-. The molecule has 1 heterocycles. The Bertz CT molecular complexity index is 1180. The maximum absolute atomic E-state index is 11.8. The summed E-state index contributed by atoms with van der Waals surface area (Å²) in [6, 6.07) is 8.45. The zero-order valence-electron chi connectivity index (χ0n) is 16.5. The molecule has 0 bridgehead atoms. The Labute approximate surface area is 209 Å². The highest BCUT2D eigenvalue weighted by Crippen LogP contribution is 2.38. The molecule has 0 aliphatic heterocycles. The predicted octanol–water partition coefficient (Wildman–Crippen LogP) is 6.71. The van der Waals surface area contributed by atoms with Crippen LogP contribution in [-0.4, -0.2) is 35.0 Å². The number of hydrogen-bond acceptors (Lipinski definition) is 7. The number of aliphatic carboxylic acids is 1. The molecule has 0 fully saturated rings. The monoisotopic (exact) mass is 600 g/mol. The molecule has 0 saturated carbocycles. The molecular weight excluding hydrogens is 588 g/mol. The molecule has 1 aromatic heterocycles. The van der Waals surface area contributed by atoms with Crippen molar-refractivity contribution < 1.29 is 23.8 Å². The molecule has 166 valence electrons. The Hall–Kier alpha value is -2.27. The molecule has 0 saturated heterocycles. The molecule has 32 heavy (non-hydrogen) atoms. The number of hydrogen-bond donors (Lipinski definition) is 1. The summed E-state index contributed by atoms with van der Waals surface area (Å²) in [5, 5.41) is 18.1. The molecule has 0 aliphatic carbocycles. The number of carboxylic acid groups (broad SMARTS) is 1. The highest BCUT2D eigenvalue weighted by Gasteiger charge is 2.19. The quantitative estimate of drug-likeness (QED) is 0.164. The molecule has 0 spiro atoms. The number of thioether (sulfide) groups is 1. The van der Waals surface area contributed by atoms with Crippen molar-refractivity contribution in [2.24, 2.45) is 0 Å². The summed E-state index contributed by atoms with van der Waals surface area (Å²) in [5.74, 6) is 0.0979. The Morgan fingerprint density at radius 2 is 2.00 bits per heavy atom. The number of ether oxygens (including phenoxy) is 2. The lowest BCUT2D eigenvalue weighted by Crippen LogP contribution is -1.98. The van der Waals surface area contributed by atoms with Crippen LogP contribution in [0.3, 0.4) is 0 Å². The molecule has 0 aliphatic rings. The van der Waals surface area contributed by atoms with Crippen LogP contribution in [0, 0.1) is 0 Å². The summed E-state index contributed by atoms with van der Waals surface area (Å²) in [6.45, 7) is 3.95. The lowest BCUT2D eigenvalue weighted by atomic mass is 10.2. The Morgan fingerprint density at radius 1 is 1.28 bits per heavy atom. The van der Waals surface area contributed by atoms with Gasteiger partial charge in [-0.25, -0.2) is 4.79 Å². The van der Waals surface area contributed by atoms with E-state index in [1.807, 2.05) is 0 Å². The van der Waals surface area contributed by atoms with Gasteiger partial charge in [0.2, 0.25) is 0 Å². The number of carbonyl (C=O) groups is 1. The van der Waals surface area contributed by atoms with Gasteiger partial charge in [0.1, 0.15) is 23.0 Å². The van der Waals surface area contributed by atoms with Crippen LogP contribution in [0.15, 0.2) is 66.5 Å². The van der Waals surface area contributed by atoms with Crippen molar-refractivity contribution in [1.29, 1.82) is 0 Å². The summed E-state index contributed by atoms with van der Waals surface area (Å²) in [5.41, 5.74) is 1.12. The first-order valence-corrected chi connectivity index (χ1v) is 11.6. The van der Waals surface area contributed by atoms with Crippen LogP contribution in [-0.2, 0) is 4.79 Å². The topological polar surface area (TPSA) is 94.7 Å². The smallest absolute Gasteiger partial charge is 0.342 e. The van der Waals surface area contributed by atoms with Crippen LogP contribution in [0.25, 0.3) is 17.5 Å². The SMILES string of the molecule is C=CCOc1c(Br)cc(/C=C(\Sc2nnc(-c3cc(Cl)ccc3OC)o2)C(=O)O)cc1Br. The van der Waals surface area contributed by atoms with E-state index in [0.717, 1.165) is 11.8 Å². The molecule has 1 N–H and O–H groups in total. The van der Waals surface area contributed by atoms with E-state index in [0.29, 0.717) is 43.2 Å². The van der Waals surface area contributed by atoms with Crippen LogP contribution < -0.4 is 9.47 Å². The lowest BCUT2D eigenvalue weighted by Gasteiger charge is -2.10. The van der Waals surface area contributed by atoms with Gasteiger partial charge in [-0.15, -0.1) is 10.2 Å². The van der Waals surface area contributed by atoms with Gasteiger partial charge in [0, 0.05) is 5.02 Å². The van der Waals surface area contributed by atoms with Crippen LogP contribution >= 0.6 is 55.2 Å². The second kappa shape index (κ2) is 11.0. The lowest BCUT2D eigenvalue weighted by molar-refractivity contribution is -0.131. The van der Waals surface area contributed by atoms with Crippen molar-refractivity contribution in [3.05, 3.63) is 67.4 Å². The van der Waals surface area contributed by atoms with E-state index >= 15 is 0 Å². The highest BCUT2D eigenvalue weighted by molar-refractivity contribution is 9.11. The number of carboxylic acids is 1. The number of aromatic nitrogens is 2. The minimum absolute atomic E-state index is 0.0168. The maximum atomic E-state index is 11.8. The van der Waals surface area contributed by atoms with Gasteiger partial charge in [0.25, 0.3) is 11.1 Å². The van der Waals surface area contributed by atoms with Crippen molar-refractivity contribution >= 4 is 67.3 Å². The summed E-state index contributed by atoms with van der Waals surface area (Å²) in [6.07, 6.45) is 3.12. The van der Waals surface area contributed by atoms with Gasteiger partial charge in [0.05, 0.1) is 21.6 Å². The maximum Gasteiger partial charge on any atom is 0.342 e. The minimum atomic E-state index is -1.14. The van der Waals surface area contributed by atoms with Crippen LogP contribution in [0.5, 0.6) is 11.5 Å². The summed E-state index contributed by atoms with van der Waals surface area (Å²) >= 11 is 13.7. The van der Waals surface area contributed by atoms with E-state index in [4.69, 9.17) is 25.5 Å². The molecule has 3 aromatic rings. The van der Waals surface area contributed by atoms with Gasteiger partial charge in [0.15, 0.2) is 0 Å². The second-order valence-corrected chi connectivity index (χ2v) is 9.19. The summed E-state index contributed by atoms with van der Waals surface area (Å²) in [7, 11) is 1.51. The first-order valence-electron chi connectivity index (χ1n) is 8.85. The normalized spacial score (nSPS) is 11.3. The van der Waals surface area contributed by atoms with E-state index in [1.54, 1.807) is 36.4 Å². The molecule has 0 radical (unpaired) electrons. The Balaban J connectivity index is 1.89. The largest absolute Gasteiger partial charge is 0.496 e. The minimum Gasteiger partial charge on any atom is -0.496 e. The fraction of sp³-hybridized carbons (Fsp3) is 0.0952. The van der Waals surface area contributed by atoms with Crippen molar-refractivity contribution in [3.8, 4) is 23.0 Å². The summed E-state index contributed by atoms with van der Waals surface area (Å²) in [4.78, 5) is 11.8. The van der Waals surface area contributed by atoms with E-state index in [-0.39, 0.29) is 16.0 Å². The molecule has 7 nitrogen and oxygen atoms in total. The molecule has 0 amide bonds. The first-order chi connectivity index (χ1) is 15.3. The number of methoxy groups -OCH3 is 1. The van der Waals surface area contributed by atoms with Crippen LogP contribution in [0.2, 0.25) is 5.02 Å². The van der Waals surface area contributed by atoms with E-state index < -0.39 is 5.97 Å². The Morgan fingerprint density at radius 3 is 2.62 bits per heavy atom. The van der Waals surface area contributed by atoms with E-state index in [9.17, 15) is 9.90 Å². The predicted molar refractivity (Wildman–Crippen MR) is 130 cm³/mol. The highest BCUT2D eigenvalue weighted by atomic mass is 79.9. The third-order valence-electron chi connectivity index (χ3n) is 3.87. The first kappa shape index (κ1) is 24.4. The molecule has 2 aromatic carbocycles. The number of nitrogens with zero attached hydrogens (tertiary/aromatic N) is 2. The van der Waals surface area contributed by atoms with Gasteiger partial charge in [-0.05, 0) is 85.6 Å².